The van der Waals surface area contributed by atoms with Gasteiger partial charge in [-0.1, -0.05) is 6.42 Å². The minimum Gasteiger partial charge on any atom is -0.392 e. The van der Waals surface area contributed by atoms with Crippen LogP contribution in [0.4, 0.5) is 5.82 Å². The number of anilines is 1. The minimum absolute atomic E-state index is 0.0446. The molecule has 17 heavy (non-hydrogen) atoms. The zero-order valence-electron chi connectivity index (χ0n) is 10.2. The van der Waals surface area contributed by atoms with Gasteiger partial charge in [0, 0.05) is 29.3 Å². The van der Waals surface area contributed by atoms with Crippen molar-refractivity contribution in [2.75, 3.05) is 18.0 Å². The molecule has 1 aromatic heterocycles. The predicted octanol–water partition coefficient (Wildman–Crippen LogP) is 2.96. The average molecular weight is 299 g/mol. The summed E-state index contributed by atoms with van der Waals surface area (Å²) in [6.07, 6.45) is 5.84. The van der Waals surface area contributed by atoms with E-state index in [4.69, 9.17) is 0 Å². The Kier molecular flexibility index (Phi) is 4.40. The SMILES string of the molecule is CCN(CC1CCC1)c1ncc(Br)cc1CO. The number of hydrogen-bond acceptors (Lipinski definition) is 3. The van der Waals surface area contributed by atoms with Crippen LogP contribution in [-0.4, -0.2) is 23.2 Å². The minimum atomic E-state index is 0.0446. The summed E-state index contributed by atoms with van der Waals surface area (Å²) in [4.78, 5) is 6.73. The van der Waals surface area contributed by atoms with E-state index in [0.29, 0.717) is 0 Å². The largest absolute Gasteiger partial charge is 0.392 e. The molecule has 0 aromatic carbocycles. The monoisotopic (exact) mass is 298 g/mol. The first-order valence-corrected chi connectivity index (χ1v) is 7.04. The van der Waals surface area contributed by atoms with Crippen LogP contribution >= 0.6 is 15.9 Å². The first-order valence-electron chi connectivity index (χ1n) is 6.24. The lowest BCUT2D eigenvalue weighted by Gasteiger charge is -2.33. The fourth-order valence-electron chi connectivity index (χ4n) is 2.23. The lowest BCUT2D eigenvalue weighted by atomic mass is 9.85. The van der Waals surface area contributed by atoms with Crippen molar-refractivity contribution in [3.8, 4) is 0 Å². The highest BCUT2D eigenvalue weighted by atomic mass is 79.9. The van der Waals surface area contributed by atoms with Crippen molar-refractivity contribution >= 4 is 21.7 Å². The molecule has 0 amide bonds. The van der Waals surface area contributed by atoms with E-state index in [2.05, 4.69) is 32.7 Å². The van der Waals surface area contributed by atoms with Crippen LogP contribution in [0.5, 0.6) is 0 Å². The molecule has 0 bridgehead atoms. The maximum atomic E-state index is 9.41. The van der Waals surface area contributed by atoms with Crippen LogP contribution in [-0.2, 0) is 6.61 Å². The maximum absolute atomic E-state index is 9.41. The van der Waals surface area contributed by atoms with Gasteiger partial charge in [-0.2, -0.15) is 0 Å². The number of pyridine rings is 1. The van der Waals surface area contributed by atoms with Crippen LogP contribution in [0.25, 0.3) is 0 Å². The highest BCUT2D eigenvalue weighted by Crippen LogP contribution is 2.30. The van der Waals surface area contributed by atoms with Crippen molar-refractivity contribution in [1.82, 2.24) is 4.98 Å². The molecule has 94 valence electrons. The van der Waals surface area contributed by atoms with Crippen LogP contribution in [0.2, 0.25) is 0 Å². The molecule has 1 saturated carbocycles. The summed E-state index contributed by atoms with van der Waals surface area (Å²) in [5, 5.41) is 9.41. The molecular weight excluding hydrogens is 280 g/mol. The summed E-state index contributed by atoms with van der Waals surface area (Å²) in [5.74, 6) is 1.75. The summed E-state index contributed by atoms with van der Waals surface area (Å²) in [7, 11) is 0. The molecule has 1 aromatic rings. The predicted molar refractivity (Wildman–Crippen MR) is 73.1 cm³/mol. The van der Waals surface area contributed by atoms with Gasteiger partial charge in [0.2, 0.25) is 0 Å². The Morgan fingerprint density at radius 1 is 1.53 bits per heavy atom. The van der Waals surface area contributed by atoms with Crippen molar-refractivity contribution in [3.05, 3.63) is 22.3 Å². The Hall–Kier alpha value is -0.610. The Balaban J connectivity index is 2.16. The van der Waals surface area contributed by atoms with Crippen molar-refractivity contribution in [2.45, 2.75) is 32.8 Å². The molecule has 0 atom stereocenters. The van der Waals surface area contributed by atoms with E-state index in [1.807, 2.05) is 6.07 Å². The van der Waals surface area contributed by atoms with E-state index < -0.39 is 0 Å². The third kappa shape index (κ3) is 2.99. The molecule has 1 N–H and O–H groups in total. The number of aliphatic hydroxyl groups excluding tert-OH is 1. The quantitative estimate of drug-likeness (QED) is 0.908. The molecule has 1 aliphatic rings. The molecule has 2 rings (SSSR count). The van der Waals surface area contributed by atoms with E-state index in [1.54, 1.807) is 6.20 Å². The van der Waals surface area contributed by atoms with Crippen LogP contribution in [0.15, 0.2) is 16.7 Å². The molecule has 4 heteroatoms. The number of aliphatic hydroxyl groups is 1. The molecule has 0 spiro atoms. The topological polar surface area (TPSA) is 36.4 Å². The molecule has 0 unspecified atom stereocenters. The molecule has 0 saturated heterocycles. The number of rotatable bonds is 5. The number of halogens is 1. The van der Waals surface area contributed by atoms with Gasteiger partial charge < -0.3 is 10.0 Å². The number of hydrogen-bond donors (Lipinski definition) is 1. The molecule has 1 aliphatic carbocycles. The highest BCUT2D eigenvalue weighted by molar-refractivity contribution is 9.10. The standard InChI is InChI=1S/C13H19BrN2O/c1-2-16(8-10-4-3-5-10)13-11(9-17)6-12(14)7-15-13/h6-7,10,17H,2-5,8-9H2,1H3. The molecule has 3 nitrogen and oxygen atoms in total. The second kappa shape index (κ2) is 5.83. The summed E-state index contributed by atoms with van der Waals surface area (Å²) in [6.45, 7) is 4.20. The average Bonchev–Trinajstić information content (AvgIpc) is 2.29. The van der Waals surface area contributed by atoms with Crippen molar-refractivity contribution in [1.29, 1.82) is 0 Å². The highest BCUT2D eigenvalue weighted by Gasteiger charge is 2.21. The van der Waals surface area contributed by atoms with Gasteiger partial charge >= 0.3 is 0 Å². The van der Waals surface area contributed by atoms with E-state index in [1.165, 1.54) is 19.3 Å². The number of aromatic nitrogens is 1. The van der Waals surface area contributed by atoms with E-state index >= 15 is 0 Å². The third-order valence-electron chi connectivity index (χ3n) is 3.46. The fourth-order valence-corrected chi connectivity index (χ4v) is 2.61. The Morgan fingerprint density at radius 2 is 2.29 bits per heavy atom. The van der Waals surface area contributed by atoms with E-state index in [9.17, 15) is 5.11 Å². The van der Waals surface area contributed by atoms with Crippen LogP contribution in [0.1, 0.15) is 31.7 Å². The summed E-state index contributed by atoms with van der Waals surface area (Å²) >= 11 is 3.39. The molecule has 0 radical (unpaired) electrons. The van der Waals surface area contributed by atoms with Gasteiger partial charge in [0.15, 0.2) is 0 Å². The van der Waals surface area contributed by atoms with Gasteiger partial charge in [-0.05, 0) is 47.7 Å². The first-order chi connectivity index (χ1) is 8.24. The van der Waals surface area contributed by atoms with Gasteiger partial charge in [0.1, 0.15) is 5.82 Å². The van der Waals surface area contributed by atoms with E-state index in [-0.39, 0.29) is 6.61 Å². The second-order valence-electron chi connectivity index (χ2n) is 4.63. The molecule has 1 heterocycles. The normalized spacial score (nSPS) is 15.7. The fraction of sp³-hybridized carbons (Fsp3) is 0.615. The Bertz CT molecular complexity index is 380. The van der Waals surface area contributed by atoms with E-state index in [0.717, 1.165) is 34.9 Å². The summed E-state index contributed by atoms with van der Waals surface area (Å²) < 4.78 is 0.921. The third-order valence-corrected chi connectivity index (χ3v) is 3.90. The van der Waals surface area contributed by atoms with Crippen LogP contribution in [0.3, 0.4) is 0 Å². The zero-order chi connectivity index (χ0) is 12.3. The van der Waals surface area contributed by atoms with Crippen molar-refractivity contribution in [2.24, 2.45) is 5.92 Å². The Labute approximate surface area is 111 Å². The zero-order valence-corrected chi connectivity index (χ0v) is 11.8. The lowest BCUT2D eigenvalue weighted by Crippen LogP contribution is -2.33. The smallest absolute Gasteiger partial charge is 0.134 e. The van der Waals surface area contributed by atoms with Crippen molar-refractivity contribution in [3.63, 3.8) is 0 Å². The van der Waals surface area contributed by atoms with Gasteiger partial charge in [-0.25, -0.2) is 4.98 Å². The van der Waals surface area contributed by atoms with Crippen molar-refractivity contribution < 1.29 is 5.11 Å². The maximum Gasteiger partial charge on any atom is 0.134 e. The molecule has 1 fully saturated rings. The molecule has 0 aliphatic heterocycles. The summed E-state index contributed by atoms with van der Waals surface area (Å²) in [6, 6.07) is 1.95. The first kappa shape index (κ1) is 12.8. The van der Waals surface area contributed by atoms with Crippen LogP contribution in [0, 0.1) is 5.92 Å². The second-order valence-corrected chi connectivity index (χ2v) is 5.55. The van der Waals surface area contributed by atoms with Gasteiger partial charge in [-0.15, -0.1) is 0 Å². The van der Waals surface area contributed by atoms with Gasteiger partial charge in [-0.3, -0.25) is 0 Å². The van der Waals surface area contributed by atoms with Gasteiger partial charge in [0.05, 0.1) is 6.61 Å². The lowest BCUT2D eigenvalue weighted by molar-refractivity contribution is 0.280. The van der Waals surface area contributed by atoms with Gasteiger partial charge in [0.25, 0.3) is 0 Å². The number of nitrogens with zero attached hydrogens (tertiary/aromatic N) is 2. The van der Waals surface area contributed by atoms with Crippen LogP contribution < -0.4 is 4.90 Å². The Morgan fingerprint density at radius 3 is 2.82 bits per heavy atom. The summed E-state index contributed by atoms with van der Waals surface area (Å²) in [5.41, 5.74) is 0.903. The molecular formula is C13H19BrN2O.